The van der Waals surface area contributed by atoms with Gasteiger partial charge in [0.25, 0.3) is 0 Å². The molecule has 0 spiro atoms. The van der Waals surface area contributed by atoms with Crippen LogP contribution in [-0.2, 0) is 4.79 Å². The van der Waals surface area contributed by atoms with Gasteiger partial charge in [-0.15, -0.1) is 0 Å². The molecule has 6 rings (SSSR count). The number of nitrogens with one attached hydrogen (secondary N) is 2. The number of hydrogen-bond donors (Lipinski definition) is 2. The molecule has 1 saturated heterocycles. The van der Waals surface area contributed by atoms with E-state index < -0.39 is 12.9 Å². The zero-order valence-electron chi connectivity index (χ0n) is 26.9. The molecular formula is C31H32N8O4. The van der Waals surface area contributed by atoms with E-state index in [0.717, 1.165) is 12.0 Å². The topological polar surface area (TPSA) is 128 Å². The lowest BCUT2D eigenvalue weighted by molar-refractivity contribution is -0.111. The number of rotatable bonds is 9. The van der Waals surface area contributed by atoms with Crippen LogP contribution in [0.5, 0.6) is 23.0 Å². The van der Waals surface area contributed by atoms with Gasteiger partial charge in [-0.3, -0.25) is 9.69 Å². The van der Waals surface area contributed by atoms with Crippen molar-refractivity contribution in [3.63, 3.8) is 0 Å². The van der Waals surface area contributed by atoms with E-state index >= 15 is 0 Å². The molecule has 4 heterocycles. The third-order valence-electron chi connectivity index (χ3n) is 7.21. The van der Waals surface area contributed by atoms with Crippen LogP contribution in [-0.4, -0.2) is 69.2 Å². The summed E-state index contributed by atoms with van der Waals surface area (Å²) in [6.07, 6.45) is 9.09. The Morgan fingerprint density at radius 2 is 1.91 bits per heavy atom. The van der Waals surface area contributed by atoms with E-state index in [-0.39, 0.29) is 6.04 Å². The highest BCUT2D eigenvalue weighted by Crippen LogP contribution is 2.38. The molecule has 43 heavy (non-hydrogen) atoms. The van der Waals surface area contributed by atoms with Crippen molar-refractivity contribution in [2.75, 3.05) is 38.4 Å². The number of amides is 1. The van der Waals surface area contributed by atoms with Crippen LogP contribution in [0, 0.1) is 6.92 Å². The van der Waals surface area contributed by atoms with E-state index in [9.17, 15) is 4.79 Å². The third kappa shape index (κ3) is 5.90. The van der Waals surface area contributed by atoms with Gasteiger partial charge in [-0.05, 0) is 57.0 Å². The van der Waals surface area contributed by atoms with Crippen LogP contribution in [0.15, 0.2) is 67.4 Å². The fraction of sp³-hybridized carbons (Fsp3) is 0.258. The standard InChI is InChI=1S/C31H32N8O4/c1-19-12-24(28(42-4)16-26(19)43-21-9-11-39-29(13-21)33-18-35-39)37-31-22-14-25(27(41-3)15-23(22)32-17-34-31)36-30(40)8-7-20-6-5-10-38(20)2/h7-9,11-18,20H,5-6,10H2,1-4H3,(H,36,40)(H,32,34,37)/b8-7+/t20-/m1/s1/i2D3. The van der Waals surface area contributed by atoms with Gasteiger partial charge in [-0.1, -0.05) is 6.08 Å². The van der Waals surface area contributed by atoms with E-state index in [0.29, 0.717) is 69.7 Å². The van der Waals surface area contributed by atoms with E-state index in [1.807, 2.05) is 13.0 Å². The molecule has 2 aromatic carbocycles. The highest BCUT2D eigenvalue weighted by Gasteiger charge is 2.19. The normalized spacial score (nSPS) is 16.6. The molecule has 5 aromatic rings. The number of carbonyl (C=O) groups excluding carboxylic acids is 1. The van der Waals surface area contributed by atoms with Gasteiger partial charge in [-0.2, -0.15) is 5.10 Å². The number of methoxy groups -OCH3 is 2. The van der Waals surface area contributed by atoms with Crippen molar-refractivity contribution in [3.05, 3.63) is 73.0 Å². The molecule has 1 fully saturated rings. The van der Waals surface area contributed by atoms with Crippen LogP contribution in [0.1, 0.15) is 22.5 Å². The number of carbonyl (C=O) groups is 1. The number of anilines is 3. The van der Waals surface area contributed by atoms with Crippen LogP contribution in [0.4, 0.5) is 17.2 Å². The smallest absolute Gasteiger partial charge is 0.248 e. The monoisotopic (exact) mass is 583 g/mol. The minimum Gasteiger partial charge on any atom is -0.494 e. The highest BCUT2D eigenvalue weighted by molar-refractivity contribution is 6.03. The average Bonchev–Trinajstić information content (AvgIpc) is 3.71. The van der Waals surface area contributed by atoms with Gasteiger partial charge in [0.05, 0.1) is 31.1 Å². The van der Waals surface area contributed by atoms with Crippen LogP contribution in [0.25, 0.3) is 16.6 Å². The summed E-state index contributed by atoms with van der Waals surface area (Å²) in [7, 11) is 3.07. The van der Waals surface area contributed by atoms with Crippen molar-refractivity contribution < 1.29 is 23.1 Å². The first kappa shape index (κ1) is 24.4. The van der Waals surface area contributed by atoms with E-state index in [1.54, 1.807) is 54.2 Å². The van der Waals surface area contributed by atoms with Crippen LogP contribution < -0.4 is 24.8 Å². The summed E-state index contributed by atoms with van der Waals surface area (Å²) in [6, 6.07) is 10.4. The molecule has 1 aliphatic heterocycles. The molecule has 12 heteroatoms. The Morgan fingerprint density at radius 1 is 1.05 bits per heavy atom. The second-order valence-electron chi connectivity index (χ2n) is 10.0. The Hall–Kier alpha value is -5.23. The maximum absolute atomic E-state index is 12.9. The molecule has 2 N–H and O–H groups in total. The minimum absolute atomic E-state index is 0.339. The zero-order valence-corrected chi connectivity index (χ0v) is 23.9. The van der Waals surface area contributed by atoms with Crippen LogP contribution in [0.3, 0.4) is 0 Å². The molecule has 0 radical (unpaired) electrons. The third-order valence-corrected chi connectivity index (χ3v) is 7.21. The molecule has 1 aliphatic rings. The maximum atomic E-state index is 12.9. The summed E-state index contributed by atoms with van der Waals surface area (Å²) in [5.74, 6) is 2.17. The Labute approximate surface area is 252 Å². The van der Waals surface area contributed by atoms with Gasteiger partial charge in [0.1, 0.15) is 41.5 Å². The lowest BCUT2D eigenvalue weighted by Gasteiger charge is -2.17. The average molecular weight is 584 g/mol. The van der Waals surface area contributed by atoms with Crippen molar-refractivity contribution in [3.8, 4) is 23.0 Å². The minimum atomic E-state index is -2.21. The molecule has 3 aromatic heterocycles. The largest absolute Gasteiger partial charge is 0.494 e. The van der Waals surface area contributed by atoms with E-state index in [4.69, 9.17) is 18.3 Å². The molecular weight excluding hydrogens is 548 g/mol. The fourth-order valence-corrected chi connectivity index (χ4v) is 4.98. The summed E-state index contributed by atoms with van der Waals surface area (Å²) in [5.41, 5.74) is 3.12. The maximum Gasteiger partial charge on any atom is 0.248 e. The zero-order chi connectivity index (χ0) is 32.4. The molecule has 1 atom stereocenters. The number of aromatic nitrogens is 5. The van der Waals surface area contributed by atoms with Crippen molar-refractivity contribution in [2.45, 2.75) is 25.8 Å². The van der Waals surface area contributed by atoms with Gasteiger partial charge in [0, 0.05) is 46.0 Å². The molecule has 220 valence electrons. The van der Waals surface area contributed by atoms with Crippen molar-refractivity contribution in [2.24, 2.45) is 0 Å². The summed E-state index contributed by atoms with van der Waals surface area (Å²) in [4.78, 5) is 27.4. The SMILES string of the molecule is [2H]C([2H])([2H])N1CCC[C@@H]1/C=C/C(=O)Nc1cc2c(Nc3cc(C)c(Oc4ccn5ncnc5c4)cc3OC)ncnc2cc1OC. The fourth-order valence-electron chi connectivity index (χ4n) is 4.98. The Balaban J connectivity index is 1.25. The van der Waals surface area contributed by atoms with Crippen LogP contribution in [0.2, 0.25) is 0 Å². The first-order chi connectivity index (χ1) is 22.1. The van der Waals surface area contributed by atoms with Gasteiger partial charge in [0.15, 0.2) is 5.65 Å². The number of likely N-dealkylation sites (N-methyl/N-ethyl adjacent to an activating group) is 1. The first-order valence-electron chi connectivity index (χ1n) is 15.1. The molecule has 0 saturated carbocycles. The first-order valence-corrected chi connectivity index (χ1v) is 13.6. The number of pyridine rings is 1. The number of aryl methyl sites for hydroxylation is 1. The van der Waals surface area contributed by atoms with Gasteiger partial charge in [0.2, 0.25) is 5.91 Å². The van der Waals surface area contributed by atoms with Gasteiger partial charge in [-0.25, -0.2) is 19.5 Å². The van der Waals surface area contributed by atoms with Gasteiger partial charge < -0.3 is 24.8 Å². The number of nitrogens with zero attached hydrogens (tertiary/aromatic N) is 6. The van der Waals surface area contributed by atoms with E-state index in [1.165, 1.54) is 30.7 Å². The van der Waals surface area contributed by atoms with Crippen molar-refractivity contribution >= 4 is 39.6 Å². The summed E-state index contributed by atoms with van der Waals surface area (Å²) in [6.45, 7) is 0.166. The second kappa shape index (κ2) is 11.9. The summed E-state index contributed by atoms with van der Waals surface area (Å²) < 4.78 is 42.3. The number of ether oxygens (including phenoxy) is 3. The second-order valence-corrected chi connectivity index (χ2v) is 10.0. The number of hydrogen-bond acceptors (Lipinski definition) is 10. The lowest BCUT2D eigenvalue weighted by Crippen LogP contribution is -2.23. The van der Waals surface area contributed by atoms with Crippen molar-refractivity contribution in [1.82, 2.24) is 29.5 Å². The highest BCUT2D eigenvalue weighted by atomic mass is 16.5. The number of likely N-dealkylation sites (tertiary alicyclic amines) is 1. The molecule has 1 amide bonds. The Kier molecular flexibility index (Phi) is 6.77. The Morgan fingerprint density at radius 3 is 2.74 bits per heavy atom. The quantitative estimate of drug-likeness (QED) is 0.226. The predicted molar refractivity (Wildman–Crippen MR) is 164 cm³/mol. The summed E-state index contributed by atoms with van der Waals surface area (Å²) in [5, 5.41) is 10.9. The Bertz CT molecular complexity index is 1950. The van der Waals surface area contributed by atoms with Crippen molar-refractivity contribution in [1.29, 1.82) is 0 Å². The lowest BCUT2D eigenvalue weighted by atomic mass is 10.1. The molecule has 0 bridgehead atoms. The molecule has 0 aliphatic carbocycles. The molecule has 12 nitrogen and oxygen atoms in total. The predicted octanol–water partition coefficient (Wildman–Crippen LogP) is 5.12. The molecule has 0 unspecified atom stereocenters. The van der Waals surface area contributed by atoms with Gasteiger partial charge >= 0.3 is 0 Å². The number of fused-ring (bicyclic) bond motifs is 2. The number of benzene rings is 2. The van der Waals surface area contributed by atoms with Crippen LogP contribution >= 0.6 is 0 Å². The summed E-state index contributed by atoms with van der Waals surface area (Å²) >= 11 is 0. The van der Waals surface area contributed by atoms with E-state index in [2.05, 4.69) is 30.7 Å².